The zero-order valence-corrected chi connectivity index (χ0v) is 16.7. The summed E-state index contributed by atoms with van der Waals surface area (Å²) < 4.78 is 38.7. The van der Waals surface area contributed by atoms with Gasteiger partial charge in [0, 0.05) is 11.4 Å². The van der Waals surface area contributed by atoms with Crippen LogP contribution in [0.5, 0.6) is 5.75 Å². The number of fused-ring (bicyclic) bond motifs is 1. The molecule has 0 spiro atoms. The van der Waals surface area contributed by atoms with Gasteiger partial charge in [-0.2, -0.15) is 0 Å². The minimum atomic E-state index is -3.82. The van der Waals surface area contributed by atoms with Crippen molar-refractivity contribution in [2.45, 2.75) is 11.8 Å². The Balaban J connectivity index is 1.56. The van der Waals surface area contributed by atoms with E-state index in [-0.39, 0.29) is 10.6 Å². The summed E-state index contributed by atoms with van der Waals surface area (Å²) in [6, 6.07) is 13.6. The van der Waals surface area contributed by atoms with Crippen LogP contribution in [0.25, 0.3) is 0 Å². The molecule has 9 heteroatoms. The maximum Gasteiger partial charge on any atom is 0.265 e. The summed E-state index contributed by atoms with van der Waals surface area (Å²) in [5, 5.41) is 11.5. The van der Waals surface area contributed by atoms with E-state index in [1.165, 1.54) is 13.4 Å². The Kier molecular flexibility index (Phi) is 4.67. The number of hydrogen-bond acceptors (Lipinski definition) is 6. The Hall–Kier alpha value is -3.46. The van der Waals surface area contributed by atoms with Crippen molar-refractivity contribution < 1.29 is 17.6 Å². The number of nitrogens with one attached hydrogen (secondary N) is 3. The number of nitrogens with zero attached hydrogens (tertiary/aromatic N) is 1. The van der Waals surface area contributed by atoms with Crippen LogP contribution >= 0.6 is 0 Å². The summed E-state index contributed by atoms with van der Waals surface area (Å²) in [5.74, 6) is 1.16. The molecule has 0 fully saturated rings. The van der Waals surface area contributed by atoms with Crippen LogP contribution in [-0.4, -0.2) is 28.0 Å². The van der Waals surface area contributed by atoms with Gasteiger partial charge >= 0.3 is 0 Å². The van der Waals surface area contributed by atoms with Gasteiger partial charge in [-0.3, -0.25) is 10.1 Å². The maximum absolute atomic E-state index is 12.8. The van der Waals surface area contributed by atoms with Crippen LogP contribution in [0.3, 0.4) is 0 Å². The molecule has 1 aromatic heterocycles. The van der Waals surface area contributed by atoms with Gasteiger partial charge in [0.15, 0.2) is 0 Å². The fraction of sp³-hybridized carbons (Fsp3) is 0.150. The van der Waals surface area contributed by atoms with E-state index in [2.05, 4.69) is 10.0 Å². The van der Waals surface area contributed by atoms with Gasteiger partial charge in [-0.05, 0) is 55.0 Å². The first-order valence-corrected chi connectivity index (χ1v) is 10.3. The molecule has 0 unspecified atom stereocenters. The molecular formula is C20H20N4O4S. The minimum Gasteiger partial charge on any atom is -0.495 e. The molecule has 3 aromatic rings. The van der Waals surface area contributed by atoms with Crippen molar-refractivity contribution in [2.24, 2.45) is 0 Å². The Bertz CT molecular complexity index is 1170. The molecule has 4 rings (SSSR count). The summed E-state index contributed by atoms with van der Waals surface area (Å²) in [5.41, 5.74) is 2.66. The Labute approximate surface area is 168 Å². The molecule has 0 saturated heterocycles. The van der Waals surface area contributed by atoms with Crippen molar-refractivity contribution >= 4 is 33.1 Å². The van der Waals surface area contributed by atoms with E-state index in [0.717, 1.165) is 11.3 Å². The highest BCUT2D eigenvalue weighted by Crippen LogP contribution is 2.30. The van der Waals surface area contributed by atoms with Crippen LogP contribution < -0.4 is 19.7 Å². The van der Waals surface area contributed by atoms with E-state index in [1.54, 1.807) is 53.4 Å². The Morgan fingerprint density at radius 2 is 1.93 bits per heavy atom. The highest BCUT2D eigenvalue weighted by atomic mass is 32.2. The SMILES string of the molecule is COc1ccc(C)cc1S(=O)(=O)Nc1ccc(N2CNc3occc3C2=N)cc1. The molecule has 1 aliphatic heterocycles. The molecule has 150 valence electrons. The van der Waals surface area contributed by atoms with Crippen LogP contribution in [-0.2, 0) is 10.0 Å². The fourth-order valence-electron chi connectivity index (χ4n) is 3.14. The molecule has 0 atom stereocenters. The molecule has 0 saturated carbocycles. The maximum atomic E-state index is 12.8. The summed E-state index contributed by atoms with van der Waals surface area (Å²) >= 11 is 0. The van der Waals surface area contributed by atoms with Crippen LogP contribution in [0.1, 0.15) is 11.1 Å². The van der Waals surface area contributed by atoms with Gasteiger partial charge < -0.3 is 19.4 Å². The number of aryl methyl sites for hydroxylation is 1. The lowest BCUT2D eigenvalue weighted by molar-refractivity contribution is 0.402. The first-order chi connectivity index (χ1) is 13.9. The number of ether oxygens (including phenoxy) is 1. The second-order valence-corrected chi connectivity index (χ2v) is 8.23. The smallest absolute Gasteiger partial charge is 0.265 e. The normalized spacial score (nSPS) is 13.6. The summed E-state index contributed by atoms with van der Waals surface area (Å²) in [6.45, 7) is 2.20. The van der Waals surface area contributed by atoms with Gasteiger partial charge in [-0.25, -0.2) is 8.42 Å². The van der Waals surface area contributed by atoms with Crippen LogP contribution in [0.2, 0.25) is 0 Å². The molecule has 2 heterocycles. The first-order valence-electron chi connectivity index (χ1n) is 8.84. The lowest BCUT2D eigenvalue weighted by atomic mass is 10.2. The number of furan rings is 1. The molecule has 0 radical (unpaired) electrons. The average molecular weight is 412 g/mol. The van der Waals surface area contributed by atoms with Crippen molar-refractivity contribution in [3.8, 4) is 5.75 Å². The number of hydrogen-bond donors (Lipinski definition) is 3. The van der Waals surface area contributed by atoms with Crippen molar-refractivity contribution in [3.63, 3.8) is 0 Å². The van der Waals surface area contributed by atoms with Crippen LogP contribution in [0.15, 0.2) is 64.1 Å². The van der Waals surface area contributed by atoms with E-state index in [1.807, 2.05) is 6.92 Å². The van der Waals surface area contributed by atoms with E-state index in [4.69, 9.17) is 14.6 Å². The standard InChI is InChI=1S/C20H20N4O4S/c1-13-3-8-17(27-2)18(11-13)29(25,26)23-14-4-6-15(7-5-14)24-12-22-20-16(19(24)21)9-10-28-20/h3-11,21-23H,12H2,1-2H3. The lowest BCUT2D eigenvalue weighted by Crippen LogP contribution is -2.39. The van der Waals surface area contributed by atoms with E-state index in [9.17, 15) is 8.42 Å². The molecule has 0 bridgehead atoms. The number of sulfonamides is 1. The van der Waals surface area contributed by atoms with Crippen LogP contribution in [0.4, 0.5) is 17.3 Å². The Morgan fingerprint density at radius 1 is 1.17 bits per heavy atom. The molecule has 0 aliphatic carbocycles. The zero-order valence-electron chi connectivity index (χ0n) is 15.9. The highest BCUT2D eigenvalue weighted by molar-refractivity contribution is 7.92. The van der Waals surface area contributed by atoms with Gasteiger partial charge in [0.2, 0.25) is 5.88 Å². The van der Waals surface area contributed by atoms with Crippen molar-refractivity contribution in [1.82, 2.24) is 0 Å². The van der Waals surface area contributed by atoms with Gasteiger partial charge in [0.1, 0.15) is 16.5 Å². The largest absolute Gasteiger partial charge is 0.495 e. The van der Waals surface area contributed by atoms with Crippen molar-refractivity contribution in [3.05, 3.63) is 65.9 Å². The van der Waals surface area contributed by atoms with E-state index >= 15 is 0 Å². The number of anilines is 3. The summed E-state index contributed by atoms with van der Waals surface area (Å²) in [4.78, 5) is 1.85. The summed E-state index contributed by atoms with van der Waals surface area (Å²) in [7, 11) is -2.38. The fourth-order valence-corrected chi connectivity index (χ4v) is 4.46. The molecule has 1 aliphatic rings. The molecule has 2 aromatic carbocycles. The monoisotopic (exact) mass is 412 g/mol. The van der Waals surface area contributed by atoms with Gasteiger partial charge in [-0.1, -0.05) is 6.07 Å². The molecular weight excluding hydrogens is 392 g/mol. The van der Waals surface area contributed by atoms with Crippen molar-refractivity contribution in [1.29, 1.82) is 5.41 Å². The first kappa shape index (κ1) is 18.9. The topological polar surface area (TPSA) is 108 Å². The van der Waals surface area contributed by atoms with Crippen LogP contribution in [0, 0.1) is 12.3 Å². The van der Waals surface area contributed by atoms with E-state index in [0.29, 0.717) is 29.6 Å². The average Bonchev–Trinajstić information content (AvgIpc) is 3.19. The molecule has 0 amide bonds. The predicted molar refractivity (Wildman–Crippen MR) is 111 cm³/mol. The predicted octanol–water partition coefficient (Wildman–Crippen LogP) is 3.61. The van der Waals surface area contributed by atoms with Gasteiger partial charge in [0.05, 0.1) is 25.6 Å². The second kappa shape index (κ2) is 7.17. The molecule has 29 heavy (non-hydrogen) atoms. The quantitative estimate of drug-likeness (QED) is 0.591. The minimum absolute atomic E-state index is 0.0820. The lowest BCUT2D eigenvalue weighted by Gasteiger charge is -2.29. The number of rotatable bonds is 5. The second-order valence-electron chi connectivity index (χ2n) is 6.58. The third kappa shape index (κ3) is 3.52. The summed E-state index contributed by atoms with van der Waals surface area (Å²) in [6.07, 6.45) is 1.53. The Morgan fingerprint density at radius 3 is 2.66 bits per heavy atom. The molecule has 3 N–H and O–H groups in total. The van der Waals surface area contributed by atoms with Gasteiger partial charge in [-0.15, -0.1) is 0 Å². The molecule has 8 nitrogen and oxygen atoms in total. The number of amidine groups is 1. The highest BCUT2D eigenvalue weighted by Gasteiger charge is 2.25. The number of benzene rings is 2. The van der Waals surface area contributed by atoms with Crippen molar-refractivity contribution in [2.75, 3.05) is 28.7 Å². The van der Waals surface area contributed by atoms with Gasteiger partial charge in [0.25, 0.3) is 10.0 Å². The third-order valence-electron chi connectivity index (χ3n) is 4.63. The third-order valence-corrected chi connectivity index (χ3v) is 6.03. The van der Waals surface area contributed by atoms with E-state index < -0.39 is 10.0 Å². The zero-order chi connectivity index (χ0) is 20.6. The number of methoxy groups -OCH3 is 1.